The molecule has 0 radical (unpaired) electrons. The van der Waals surface area contributed by atoms with Gasteiger partial charge >= 0.3 is 0 Å². The number of hydrogen-bond donors (Lipinski definition) is 0. The van der Waals surface area contributed by atoms with Gasteiger partial charge in [0.1, 0.15) is 11.7 Å². The summed E-state index contributed by atoms with van der Waals surface area (Å²) >= 11 is 5.75. The Morgan fingerprint density at radius 2 is 2.17 bits per heavy atom. The molecule has 0 bridgehead atoms. The molecular weight excluding hydrogens is 174 g/mol. The monoisotopic (exact) mass is 177 g/mol. The van der Waals surface area contributed by atoms with Crippen LogP contribution in [0.4, 0.5) is 0 Å². The standard InChI is InChI=1S/C9H4ClNO/c10-7-1-2-9-6(3-7)4-8(5-11)12-9/h1-4H. The van der Waals surface area contributed by atoms with Crippen LogP contribution in [0.15, 0.2) is 28.7 Å². The Morgan fingerprint density at radius 1 is 1.33 bits per heavy atom. The molecule has 2 rings (SSSR count). The molecule has 1 heterocycles. The van der Waals surface area contributed by atoms with E-state index < -0.39 is 0 Å². The molecule has 0 saturated carbocycles. The topological polar surface area (TPSA) is 36.9 Å². The SMILES string of the molecule is N#Cc1cc2cc(Cl)ccc2o1. The van der Waals surface area contributed by atoms with Crippen LogP contribution < -0.4 is 0 Å². The smallest absolute Gasteiger partial charge is 0.204 e. The fourth-order valence-corrected chi connectivity index (χ4v) is 1.25. The summed E-state index contributed by atoms with van der Waals surface area (Å²) in [5, 5.41) is 10.0. The van der Waals surface area contributed by atoms with E-state index in [1.165, 1.54) is 0 Å². The Labute approximate surface area is 74.0 Å². The molecule has 0 amide bonds. The van der Waals surface area contributed by atoms with Gasteiger partial charge in [0, 0.05) is 16.5 Å². The number of benzene rings is 1. The molecule has 12 heavy (non-hydrogen) atoms. The van der Waals surface area contributed by atoms with Crippen molar-refractivity contribution in [2.24, 2.45) is 0 Å². The molecule has 1 aromatic heterocycles. The molecule has 0 N–H and O–H groups in total. The molecule has 0 atom stereocenters. The van der Waals surface area contributed by atoms with Crippen molar-refractivity contribution in [3.63, 3.8) is 0 Å². The van der Waals surface area contributed by atoms with Crippen molar-refractivity contribution >= 4 is 22.6 Å². The van der Waals surface area contributed by atoms with Crippen LogP contribution in [-0.4, -0.2) is 0 Å². The maximum Gasteiger partial charge on any atom is 0.204 e. The van der Waals surface area contributed by atoms with E-state index in [1.807, 2.05) is 6.07 Å². The average Bonchev–Trinajstić information content (AvgIpc) is 2.46. The number of nitrogens with zero attached hydrogens (tertiary/aromatic N) is 1. The maximum atomic E-state index is 8.53. The molecule has 1 aromatic carbocycles. The van der Waals surface area contributed by atoms with Crippen LogP contribution in [0.5, 0.6) is 0 Å². The lowest BCUT2D eigenvalue weighted by Gasteiger charge is -1.87. The molecule has 0 unspecified atom stereocenters. The summed E-state index contributed by atoms with van der Waals surface area (Å²) in [5.41, 5.74) is 0.691. The molecule has 3 heteroatoms. The van der Waals surface area contributed by atoms with Crippen molar-refractivity contribution < 1.29 is 4.42 Å². The van der Waals surface area contributed by atoms with Crippen LogP contribution in [0.25, 0.3) is 11.0 Å². The van der Waals surface area contributed by atoms with E-state index in [4.69, 9.17) is 21.3 Å². The Bertz CT molecular complexity index is 467. The molecule has 0 saturated heterocycles. The molecule has 0 fully saturated rings. The van der Waals surface area contributed by atoms with Crippen LogP contribution in [-0.2, 0) is 0 Å². The summed E-state index contributed by atoms with van der Waals surface area (Å²) in [6, 6.07) is 8.84. The summed E-state index contributed by atoms with van der Waals surface area (Å²) in [4.78, 5) is 0. The van der Waals surface area contributed by atoms with Gasteiger partial charge in [-0.15, -0.1) is 0 Å². The number of rotatable bonds is 0. The van der Waals surface area contributed by atoms with E-state index in [9.17, 15) is 0 Å². The first-order chi connectivity index (χ1) is 5.79. The first kappa shape index (κ1) is 7.20. The zero-order valence-electron chi connectivity index (χ0n) is 6.04. The fourth-order valence-electron chi connectivity index (χ4n) is 1.07. The molecule has 0 aliphatic carbocycles. The zero-order valence-corrected chi connectivity index (χ0v) is 6.80. The van der Waals surface area contributed by atoms with E-state index in [2.05, 4.69) is 0 Å². The Balaban J connectivity index is 2.77. The minimum Gasteiger partial charge on any atom is -0.446 e. The second kappa shape index (κ2) is 2.54. The van der Waals surface area contributed by atoms with Crippen LogP contribution in [0, 0.1) is 11.3 Å². The van der Waals surface area contributed by atoms with Crippen molar-refractivity contribution in [1.29, 1.82) is 5.26 Å². The largest absolute Gasteiger partial charge is 0.446 e. The second-order valence-corrected chi connectivity index (χ2v) is 2.84. The summed E-state index contributed by atoms with van der Waals surface area (Å²) in [6.45, 7) is 0. The first-order valence-corrected chi connectivity index (χ1v) is 3.76. The quantitative estimate of drug-likeness (QED) is 0.620. The molecule has 0 aliphatic rings. The highest BCUT2D eigenvalue weighted by atomic mass is 35.5. The highest BCUT2D eigenvalue weighted by Gasteiger charge is 2.01. The van der Waals surface area contributed by atoms with Crippen LogP contribution >= 0.6 is 11.6 Å². The van der Waals surface area contributed by atoms with Crippen LogP contribution in [0.3, 0.4) is 0 Å². The number of halogens is 1. The van der Waals surface area contributed by atoms with E-state index in [0.29, 0.717) is 16.4 Å². The average molecular weight is 178 g/mol. The van der Waals surface area contributed by atoms with Gasteiger partial charge in [0.05, 0.1) is 0 Å². The third-order valence-electron chi connectivity index (χ3n) is 1.59. The highest BCUT2D eigenvalue weighted by Crippen LogP contribution is 2.22. The molecule has 0 aliphatic heterocycles. The number of hydrogen-bond acceptors (Lipinski definition) is 2. The van der Waals surface area contributed by atoms with Gasteiger partial charge in [-0.25, -0.2) is 0 Å². The molecule has 58 valence electrons. The van der Waals surface area contributed by atoms with Crippen molar-refractivity contribution in [1.82, 2.24) is 0 Å². The van der Waals surface area contributed by atoms with Crippen LogP contribution in [0.2, 0.25) is 5.02 Å². The van der Waals surface area contributed by atoms with E-state index in [0.717, 1.165) is 5.39 Å². The van der Waals surface area contributed by atoms with Crippen LogP contribution in [0.1, 0.15) is 5.76 Å². The van der Waals surface area contributed by atoms with Gasteiger partial charge in [-0.2, -0.15) is 5.26 Å². The minimum atomic E-state index is 0.312. The van der Waals surface area contributed by atoms with Gasteiger partial charge in [-0.05, 0) is 18.2 Å². The van der Waals surface area contributed by atoms with E-state index in [1.54, 1.807) is 24.3 Å². The Hall–Kier alpha value is -1.46. The van der Waals surface area contributed by atoms with Crippen molar-refractivity contribution in [3.8, 4) is 6.07 Å². The van der Waals surface area contributed by atoms with Gasteiger partial charge < -0.3 is 4.42 Å². The van der Waals surface area contributed by atoms with Gasteiger partial charge in [-0.1, -0.05) is 11.6 Å². The summed E-state index contributed by atoms with van der Waals surface area (Å²) in [5.74, 6) is 0.312. The molecule has 0 spiro atoms. The van der Waals surface area contributed by atoms with Gasteiger partial charge in [-0.3, -0.25) is 0 Å². The Morgan fingerprint density at radius 3 is 2.92 bits per heavy atom. The number of furan rings is 1. The van der Waals surface area contributed by atoms with Crippen molar-refractivity contribution in [2.45, 2.75) is 0 Å². The predicted octanol–water partition coefficient (Wildman–Crippen LogP) is 2.96. The lowest BCUT2D eigenvalue weighted by atomic mass is 10.2. The third-order valence-corrected chi connectivity index (χ3v) is 1.82. The maximum absolute atomic E-state index is 8.53. The second-order valence-electron chi connectivity index (χ2n) is 2.40. The fraction of sp³-hybridized carbons (Fsp3) is 0. The first-order valence-electron chi connectivity index (χ1n) is 3.39. The number of nitriles is 1. The normalized spacial score (nSPS) is 10.0. The lowest BCUT2D eigenvalue weighted by Crippen LogP contribution is -1.62. The van der Waals surface area contributed by atoms with Gasteiger partial charge in [0.2, 0.25) is 5.76 Å². The minimum absolute atomic E-state index is 0.312. The summed E-state index contributed by atoms with van der Waals surface area (Å²) in [7, 11) is 0. The molecule has 2 nitrogen and oxygen atoms in total. The summed E-state index contributed by atoms with van der Waals surface area (Å²) in [6.07, 6.45) is 0. The summed E-state index contributed by atoms with van der Waals surface area (Å²) < 4.78 is 5.15. The van der Waals surface area contributed by atoms with Gasteiger partial charge in [0.25, 0.3) is 0 Å². The van der Waals surface area contributed by atoms with Crippen molar-refractivity contribution in [3.05, 3.63) is 35.0 Å². The van der Waals surface area contributed by atoms with E-state index in [-0.39, 0.29) is 0 Å². The highest BCUT2D eigenvalue weighted by molar-refractivity contribution is 6.31. The molecular formula is C9H4ClNO. The van der Waals surface area contributed by atoms with Crippen molar-refractivity contribution in [2.75, 3.05) is 0 Å². The van der Waals surface area contributed by atoms with Gasteiger partial charge in [0.15, 0.2) is 0 Å². The predicted molar refractivity (Wildman–Crippen MR) is 45.9 cm³/mol. The zero-order chi connectivity index (χ0) is 8.55. The van der Waals surface area contributed by atoms with E-state index >= 15 is 0 Å². The third kappa shape index (κ3) is 1.05. The Kier molecular flexibility index (Phi) is 1.53. The molecule has 2 aromatic rings. The number of fused-ring (bicyclic) bond motifs is 1. The lowest BCUT2D eigenvalue weighted by molar-refractivity contribution is 0.599.